The van der Waals surface area contributed by atoms with E-state index in [-0.39, 0.29) is 23.9 Å². The number of carbonyl (C=O) groups excluding carboxylic acids is 1. The van der Waals surface area contributed by atoms with Crippen LogP contribution in [0.4, 0.5) is 0 Å². The lowest BCUT2D eigenvalue weighted by Gasteiger charge is -2.26. The van der Waals surface area contributed by atoms with E-state index in [4.69, 9.17) is 0 Å². The fourth-order valence-corrected chi connectivity index (χ4v) is 5.69. The molecule has 3 aliphatic rings. The molecule has 1 atom stereocenters. The zero-order chi connectivity index (χ0) is 20.6. The van der Waals surface area contributed by atoms with Gasteiger partial charge < -0.3 is 9.88 Å². The number of H-pyrrole nitrogens is 1. The summed E-state index contributed by atoms with van der Waals surface area (Å²) in [5.41, 5.74) is 0.951. The van der Waals surface area contributed by atoms with Crippen LogP contribution in [0.15, 0.2) is 4.79 Å². The average molecular weight is 423 g/mol. The first kappa shape index (κ1) is 20.5. The number of hydrogen-bond acceptors (Lipinski definition) is 5. The lowest BCUT2D eigenvalue weighted by atomic mass is 10.0. The van der Waals surface area contributed by atoms with Gasteiger partial charge in [0.05, 0.1) is 18.5 Å². The molecule has 160 valence electrons. The van der Waals surface area contributed by atoms with E-state index >= 15 is 0 Å². The molecule has 1 aromatic rings. The van der Waals surface area contributed by atoms with Gasteiger partial charge in [-0.3, -0.25) is 9.59 Å². The highest BCUT2D eigenvalue weighted by Crippen LogP contribution is 2.30. The largest absolute Gasteiger partial charge is 0.342 e. The molecule has 0 spiro atoms. The number of hydrogen-bond donors (Lipinski definition) is 1. The van der Waals surface area contributed by atoms with Crippen LogP contribution in [-0.4, -0.2) is 59.4 Å². The van der Waals surface area contributed by atoms with Gasteiger partial charge in [-0.2, -0.15) is 4.31 Å². The first-order valence-corrected chi connectivity index (χ1v) is 12.5. The highest BCUT2D eigenvalue weighted by atomic mass is 32.2. The first-order valence-electron chi connectivity index (χ1n) is 10.7. The van der Waals surface area contributed by atoms with Gasteiger partial charge in [-0.05, 0) is 25.2 Å². The molecule has 0 radical (unpaired) electrons. The van der Waals surface area contributed by atoms with Crippen molar-refractivity contribution in [1.29, 1.82) is 0 Å². The second-order valence-corrected chi connectivity index (χ2v) is 10.7. The van der Waals surface area contributed by atoms with Crippen molar-refractivity contribution in [2.75, 3.05) is 25.9 Å². The molecule has 1 aliphatic carbocycles. The molecule has 2 fully saturated rings. The smallest absolute Gasteiger partial charge is 0.254 e. The van der Waals surface area contributed by atoms with Crippen molar-refractivity contribution in [3.63, 3.8) is 0 Å². The van der Waals surface area contributed by atoms with Gasteiger partial charge in [0.15, 0.2) is 0 Å². The van der Waals surface area contributed by atoms with Gasteiger partial charge in [-0.1, -0.05) is 25.7 Å². The minimum Gasteiger partial charge on any atom is -0.342 e. The number of fused-ring (bicyclic) bond motifs is 1. The highest BCUT2D eigenvalue weighted by molar-refractivity contribution is 7.88. The minimum atomic E-state index is -3.32. The van der Waals surface area contributed by atoms with E-state index in [0.717, 1.165) is 12.8 Å². The summed E-state index contributed by atoms with van der Waals surface area (Å²) >= 11 is 0. The van der Waals surface area contributed by atoms with Crippen LogP contribution in [0.2, 0.25) is 0 Å². The minimum absolute atomic E-state index is 0.00274. The molecule has 29 heavy (non-hydrogen) atoms. The SMILES string of the molecule is CS(=O)(=O)N1CCc2c(nc([C@H]3CCN(C(=O)CCC4CCCC4)C3)[nH]c2=O)C1. The fraction of sp³-hybridized carbons (Fsp3) is 0.750. The predicted molar refractivity (Wildman–Crippen MR) is 109 cm³/mol. The van der Waals surface area contributed by atoms with Gasteiger partial charge in [0.25, 0.3) is 5.56 Å². The molecule has 3 heterocycles. The molecular weight excluding hydrogens is 392 g/mol. The Kier molecular flexibility index (Phi) is 5.79. The van der Waals surface area contributed by atoms with Gasteiger partial charge in [0, 0.05) is 37.5 Å². The summed E-state index contributed by atoms with van der Waals surface area (Å²) in [7, 11) is -3.32. The Hall–Kier alpha value is -1.74. The Balaban J connectivity index is 1.42. The van der Waals surface area contributed by atoms with Crippen molar-refractivity contribution in [2.45, 2.75) is 63.8 Å². The topological polar surface area (TPSA) is 103 Å². The summed E-state index contributed by atoms with van der Waals surface area (Å²) in [4.78, 5) is 34.5. The molecule has 0 aromatic carbocycles. The van der Waals surface area contributed by atoms with Crippen molar-refractivity contribution in [1.82, 2.24) is 19.2 Å². The number of aromatic amines is 1. The van der Waals surface area contributed by atoms with Gasteiger partial charge in [-0.25, -0.2) is 13.4 Å². The summed E-state index contributed by atoms with van der Waals surface area (Å²) in [6.45, 7) is 1.70. The Morgan fingerprint density at radius 1 is 1.21 bits per heavy atom. The Bertz CT molecular complexity index is 936. The molecular formula is C20H30N4O4S. The molecule has 4 rings (SSSR count). The van der Waals surface area contributed by atoms with Crippen molar-refractivity contribution in [2.24, 2.45) is 5.92 Å². The van der Waals surface area contributed by atoms with Crippen LogP contribution >= 0.6 is 0 Å². The molecule has 0 bridgehead atoms. The summed E-state index contributed by atoms with van der Waals surface area (Å²) < 4.78 is 25.1. The van der Waals surface area contributed by atoms with Gasteiger partial charge >= 0.3 is 0 Å². The Morgan fingerprint density at radius 2 is 1.97 bits per heavy atom. The molecule has 1 N–H and O–H groups in total. The number of nitrogens with zero attached hydrogens (tertiary/aromatic N) is 3. The average Bonchev–Trinajstić information content (AvgIpc) is 3.37. The van der Waals surface area contributed by atoms with E-state index in [1.807, 2.05) is 4.90 Å². The Morgan fingerprint density at radius 3 is 2.69 bits per heavy atom. The van der Waals surface area contributed by atoms with Gasteiger partial charge in [0.1, 0.15) is 5.82 Å². The third kappa shape index (κ3) is 4.55. The summed E-state index contributed by atoms with van der Waals surface area (Å²) in [6, 6.07) is 0. The van der Waals surface area contributed by atoms with Gasteiger partial charge in [-0.15, -0.1) is 0 Å². The molecule has 1 amide bonds. The third-order valence-corrected chi connectivity index (χ3v) is 7.94. The van der Waals surface area contributed by atoms with Crippen LogP contribution < -0.4 is 5.56 Å². The second-order valence-electron chi connectivity index (χ2n) is 8.74. The van der Waals surface area contributed by atoms with E-state index in [0.29, 0.717) is 55.5 Å². The molecule has 9 heteroatoms. The van der Waals surface area contributed by atoms with Crippen LogP contribution in [0.5, 0.6) is 0 Å². The standard InChI is InChI=1S/C20H30N4O4S/c1-29(27,28)24-11-9-16-17(13-24)21-19(22-20(16)26)15-8-10-23(12-15)18(25)7-6-14-4-2-3-5-14/h14-15H,2-13H2,1H3,(H,21,22,26)/t15-/m0/s1. The number of likely N-dealkylation sites (tertiary alicyclic amines) is 1. The van der Waals surface area contributed by atoms with Crippen LogP contribution in [0, 0.1) is 5.92 Å². The quantitative estimate of drug-likeness (QED) is 0.772. The third-order valence-electron chi connectivity index (χ3n) is 6.69. The second kappa shape index (κ2) is 8.18. The lowest BCUT2D eigenvalue weighted by molar-refractivity contribution is -0.130. The van der Waals surface area contributed by atoms with E-state index < -0.39 is 10.0 Å². The maximum absolute atomic E-state index is 12.6. The Labute approximate surface area is 171 Å². The summed E-state index contributed by atoms with van der Waals surface area (Å²) in [5.74, 6) is 1.48. The maximum Gasteiger partial charge on any atom is 0.254 e. The van der Waals surface area contributed by atoms with Gasteiger partial charge in [0.2, 0.25) is 15.9 Å². The van der Waals surface area contributed by atoms with E-state index in [9.17, 15) is 18.0 Å². The van der Waals surface area contributed by atoms with Crippen LogP contribution in [-0.2, 0) is 27.8 Å². The normalized spacial score (nSPS) is 23.5. The zero-order valence-electron chi connectivity index (χ0n) is 17.0. The zero-order valence-corrected chi connectivity index (χ0v) is 17.8. The van der Waals surface area contributed by atoms with Crippen LogP contribution in [0.3, 0.4) is 0 Å². The number of rotatable bonds is 5. The molecule has 1 aromatic heterocycles. The van der Waals surface area contributed by atoms with Crippen molar-refractivity contribution in [3.05, 3.63) is 27.4 Å². The fourth-order valence-electron chi connectivity index (χ4n) is 4.91. The van der Waals surface area contributed by atoms with E-state index in [2.05, 4.69) is 9.97 Å². The number of amides is 1. The van der Waals surface area contributed by atoms with Crippen molar-refractivity contribution < 1.29 is 13.2 Å². The number of sulfonamides is 1. The highest BCUT2D eigenvalue weighted by Gasteiger charge is 2.32. The summed E-state index contributed by atoms with van der Waals surface area (Å²) in [6.07, 6.45) is 9.00. The summed E-state index contributed by atoms with van der Waals surface area (Å²) in [5, 5.41) is 0. The van der Waals surface area contributed by atoms with Crippen molar-refractivity contribution in [3.8, 4) is 0 Å². The molecule has 0 unspecified atom stereocenters. The monoisotopic (exact) mass is 422 g/mol. The molecule has 1 saturated carbocycles. The van der Waals surface area contributed by atoms with E-state index in [1.165, 1.54) is 36.2 Å². The number of nitrogens with one attached hydrogen (secondary N) is 1. The number of aromatic nitrogens is 2. The first-order chi connectivity index (χ1) is 13.8. The van der Waals surface area contributed by atoms with E-state index in [1.54, 1.807) is 0 Å². The predicted octanol–water partition coefficient (Wildman–Crippen LogP) is 1.37. The molecule has 8 nitrogen and oxygen atoms in total. The number of carbonyl (C=O) groups is 1. The lowest BCUT2D eigenvalue weighted by Crippen LogP contribution is -2.39. The maximum atomic E-state index is 12.6. The van der Waals surface area contributed by atoms with Crippen LogP contribution in [0.1, 0.15) is 67.9 Å². The van der Waals surface area contributed by atoms with Crippen molar-refractivity contribution >= 4 is 15.9 Å². The van der Waals surface area contributed by atoms with Crippen LogP contribution in [0.25, 0.3) is 0 Å². The molecule has 1 saturated heterocycles. The molecule has 2 aliphatic heterocycles.